The third-order valence-electron chi connectivity index (χ3n) is 5.16. The average Bonchev–Trinajstić information content (AvgIpc) is 3.09. The van der Waals surface area contributed by atoms with Gasteiger partial charge in [0.15, 0.2) is 0 Å². The van der Waals surface area contributed by atoms with Crippen LogP contribution < -0.4 is 9.47 Å². The quantitative estimate of drug-likeness (QED) is 0.208. The van der Waals surface area contributed by atoms with Gasteiger partial charge in [-0.15, -0.1) is 0 Å². The van der Waals surface area contributed by atoms with Crippen molar-refractivity contribution < 1.29 is 14.3 Å². The summed E-state index contributed by atoms with van der Waals surface area (Å²) in [6.07, 6.45) is 2.62. The number of benzene rings is 3. The van der Waals surface area contributed by atoms with E-state index in [1.807, 2.05) is 91.9 Å². The molecule has 168 valence electrons. The minimum absolute atomic E-state index is 0.0738. The highest BCUT2D eigenvalue weighted by molar-refractivity contribution is 8.26. The van der Waals surface area contributed by atoms with E-state index in [0.717, 1.165) is 34.6 Å². The monoisotopic (exact) mass is 475 g/mol. The molecule has 3 aromatic carbocycles. The van der Waals surface area contributed by atoms with Gasteiger partial charge >= 0.3 is 0 Å². The number of aryl methyl sites for hydroxylation is 1. The third kappa shape index (κ3) is 6.03. The Balaban J connectivity index is 1.36. The smallest absolute Gasteiger partial charge is 0.266 e. The first-order valence-electron chi connectivity index (χ1n) is 10.8. The Morgan fingerprint density at radius 3 is 2.27 bits per heavy atom. The molecule has 0 unspecified atom stereocenters. The van der Waals surface area contributed by atoms with Crippen molar-refractivity contribution in [2.24, 2.45) is 0 Å². The number of hydrogen-bond donors (Lipinski definition) is 0. The summed E-state index contributed by atoms with van der Waals surface area (Å²) in [6.45, 7) is 3.60. The molecule has 0 aromatic heterocycles. The molecule has 4 rings (SSSR count). The number of rotatable bonds is 9. The van der Waals surface area contributed by atoms with Crippen LogP contribution in [-0.2, 0) is 11.3 Å². The fraction of sp³-hybridized carbons (Fsp3) is 0.185. The summed E-state index contributed by atoms with van der Waals surface area (Å²) in [4.78, 5) is 15.2. The van der Waals surface area contributed by atoms with Crippen molar-refractivity contribution in [3.05, 3.63) is 100 Å². The molecule has 0 bridgehead atoms. The van der Waals surface area contributed by atoms with Gasteiger partial charge in [-0.25, -0.2) is 0 Å². The van der Waals surface area contributed by atoms with Crippen LogP contribution in [-0.4, -0.2) is 28.3 Å². The normalized spacial score (nSPS) is 14.7. The molecular formula is C27H25NO3S2. The van der Waals surface area contributed by atoms with E-state index in [1.165, 1.54) is 11.8 Å². The van der Waals surface area contributed by atoms with E-state index in [-0.39, 0.29) is 5.91 Å². The molecule has 0 spiro atoms. The highest BCUT2D eigenvalue weighted by Gasteiger charge is 2.32. The Kier molecular flexibility index (Phi) is 7.81. The Bertz CT molecular complexity index is 1160. The average molecular weight is 476 g/mol. The maximum atomic E-state index is 13.0. The van der Waals surface area contributed by atoms with Crippen molar-refractivity contribution in [3.63, 3.8) is 0 Å². The Morgan fingerprint density at radius 1 is 0.879 bits per heavy atom. The van der Waals surface area contributed by atoms with Gasteiger partial charge < -0.3 is 9.47 Å². The van der Waals surface area contributed by atoms with Crippen LogP contribution in [0.15, 0.2) is 83.8 Å². The molecule has 3 aromatic rings. The Hall–Kier alpha value is -3.09. The molecule has 0 aliphatic carbocycles. The highest BCUT2D eigenvalue weighted by atomic mass is 32.2. The molecule has 1 aliphatic rings. The zero-order valence-electron chi connectivity index (χ0n) is 18.4. The van der Waals surface area contributed by atoms with Crippen LogP contribution in [0.4, 0.5) is 0 Å². The fourth-order valence-corrected chi connectivity index (χ4v) is 4.66. The first kappa shape index (κ1) is 23.1. The number of nitrogens with zero attached hydrogens (tertiary/aromatic N) is 1. The van der Waals surface area contributed by atoms with Crippen LogP contribution in [0.3, 0.4) is 0 Å². The fourth-order valence-electron chi connectivity index (χ4n) is 3.42. The number of thioether (sulfide) groups is 1. The number of ether oxygens (including phenoxy) is 2. The second-order valence-electron chi connectivity index (χ2n) is 7.61. The maximum Gasteiger partial charge on any atom is 0.266 e. The van der Waals surface area contributed by atoms with E-state index in [4.69, 9.17) is 21.7 Å². The molecule has 1 aliphatic heterocycles. The number of carbonyl (C=O) groups excluding carboxylic acids is 1. The zero-order chi connectivity index (χ0) is 23.0. The van der Waals surface area contributed by atoms with E-state index in [1.54, 1.807) is 4.90 Å². The van der Waals surface area contributed by atoms with Crippen molar-refractivity contribution in [2.45, 2.75) is 19.9 Å². The van der Waals surface area contributed by atoms with Crippen LogP contribution in [0.2, 0.25) is 0 Å². The first-order valence-corrected chi connectivity index (χ1v) is 12.0. The summed E-state index contributed by atoms with van der Waals surface area (Å²) in [5.41, 5.74) is 3.03. The molecule has 0 saturated carbocycles. The van der Waals surface area contributed by atoms with Gasteiger partial charge in [-0.1, -0.05) is 90.7 Å². The van der Waals surface area contributed by atoms with Gasteiger partial charge in [0, 0.05) is 12.0 Å². The number of hydrogen-bond acceptors (Lipinski definition) is 5. The SMILES string of the molecule is Cc1ccccc1OCCCOc1ccccc1/C=C1/SC(=S)N(Cc2ccccc2)C1=O. The molecule has 0 N–H and O–H groups in total. The first-order chi connectivity index (χ1) is 16.1. The molecule has 4 nitrogen and oxygen atoms in total. The predicted molar refractivity (Wildman–Crippen MR) is 138 cm³/mol. The second kappa shape index (κ2) is 11.2. The second-order valence-corrected chi connectivity index (χ2v) is 9.28. The van der Waals surface area contributed by atoms with Gasteiger partial charge in [0.2, 0.25) is 0 Å². The molecule has 33 heavy (non-hydrogen) atoms. The number of thiocarbonyl (C=S) groups is 1. The molecule has 1 saturated heterocycles. The molecule has 0 atom stereocenters. The van der Waals surface area contributed by atoms with E-state index >= 15 is 0 Å². The Morgan fingerprint density at radius 2 is 1.52 bits per heavy atom. The van der Waals surface area contributed by atoms with Crippen molar-refractivity contribution in [1.29, 1.82) is 0 Å². The number of para-hydroxylation sites is 2. The van der Waals surface area contributed by atoms with Crippen LogP contribution >= 0.6 is 24.0 Å². The van der Waals surface area contributed by atoms with E-state index in [2.05, 4.69) is 0 Å². The third-order valence-corrected chi connectivity index (χ3v) is 6.54. The van der Waals surface area contributed by atoms with E-state index < -0.39 is 0 Å². The summed E-state index contributed by atoms with van der Waals surface area (Å²) in [5.74, 6) is 1.56. The van der Waals surface area contributed by atoms with Crippen molar-refractivity contribution in [3.8, 4) is 11.5 Å². The lowest BCUT2D eigenvalue weighted by molar-refractivity contribution is -0.122. The van der Waals surface area contributed by atoms with Gasteiger partial charge in [-0.2, -0.15) is 0 Å². The molecule has 0 radical (unpaired) electrons. The molecule has 1 fully saturated rings. The van der Waals surface area contributed by atoms with Crippen LogP contribution in [0.5, 0.6) is 11.5 Å². The summed E-state index contributed by atoms with van der Waals surface area (Å²) in [5, 5.41) is 0. The minimum Gasteiger partial charge on any atom is -0.493 e. The number of carbonyl (C=O) groups is 1. The summed E-state index contributed by atoms with van der Waals surface area (Å²) >= 11 is 6.80. The standard InChI is InChI=1S/C27H25NO3S2/c1-20-10-5-7-14-23(20)30-16-9-17-31-24-15-8-6-13-22(24)18-25-26(29)28(27(32)33-25)19-21-11-3-2-4-12-21/h2-8,10-15,18H,9,16-17,19H2,1H3/b25-18+. The van der Waals surface area contributed by atoms with Gasteiger partial charge in [0.05, 0.1) is 24.7 Å². The van der Waals surface area contributed by atoms with Crippen molar-refractivity contribution in [1.82, 2.24) is 4.90 Å². The summed E-state index contributed by atoms with van der Waals surface area (Å²) in [7, 11) is 0. The zero-order valence-corrected chi connectivity index (χ0v) is 20.0. The van der Waals surface area contributed by atoms with Crippen molar-refractivity contribution >= 4 is 40.3 Å². The van der Waals surface area contributed by atoms with E-state index in [9.17, 15) is 4.79 Å². The van der Waals surface area contributed by atoms with Gasteiger partial charge in [-0.3, -0.25) is 9.69 Å². The molecule has 1 heterocycles. The Labute approximate surface area is 204 Å². The molecule has 6 heteroatoms. The van der Waals surface area contributed by atoms with Crippen molar-refractivity contribution in [2.75, 3.05) is 13.2 Å². The molecular weight excluding hydrogens is 450 g/mol. The minimum atomic E-state index is -0.0738. The summed E-state index contributed by atoms with van der Waals surface area (Å²) < 4.78 is 12.4. The van der Waals surface area contributed by atoms with E-state index in [0.29, 0.717) is 29.0 Å². The van der Waals surface area contributed by atoms with Crippen LogP contribution in [0.1, 0.15) is 23.1 Å². The number of amides is 1. The lowest BCUT2D eigenvalue weighted by Gasteiger charge is -2.14. The topological polar surface area (TPSA) is 38.8 Å². The lowest BCUT2D eigenvalue weighted by Crippen LogP contribution is -2.27. The van der Waals surface area contributed by atoms with Gasteiger partial charge in [-0.05, 0) is 36.3 Å². The van der Waals surface area contributed by atoms with Gasteiger partial charge in [0.25, 0.3) is 5.91 Å². The largest absolute Gasteiger partial charge is 0.493 e. The summed E-state index contributed by atoms with van der Waals surface area (Å²) in [6, 6.07) is 25.6. The maximum absolute atomic E-state index is 13.0. The lowest BCUT2D eigenvalue weighted by atomic mass is 10.1. The predicted octanol–water partition coefficient (Wildman–Crippen LogP) is 6.24. The van der Waals surface area contributed by atoms with Crippen LogP contribution in [0.25, 0.3) is 6.08 Å². The van der Waals surface area contributed by atoms with Gasteiger partial charge in [0.1, 0.15) is 15.8 Å². The highest BCUT2D eigenvalue weighted by Crippen LogP contribution is 2.35. The van der Waals surface area contributed by atoms with Crippen LogP contribution in [0, 0.1) is 6.92 Å². The molecule has 1 amide bonds.